The second kappa shape index (κ2) is 8.19. The Bertz CT molecular complexity index is 802. The Labute approximate surface area is 147 Å². The normalized spacial score (nSPS) is 10.6. The average Bonchev–Trinajstić information content (AvgIpc) is 3.20. The van der Waals surface area contributed by atoms with Crippen LogP contribution < -0.4 is 0 Å². The zero-order valence-corrected chi connectivity index (χ0v) is 14.2. The molecular weight excluding hydrogens is 314 g/mol. The number of aromatic nitrogens is 4. The van der Waals surface area contributed by atoms with Crippen LogP contribution in [-0.4, -0.2) is 37.1 Å². The molecule has 0 aliphatic rings. The number of hydrogen-bond acceptors (Lipinski definition) is 4. The number of nitrogens with zero attached hydrogens (tertiary/aromatic N) is 5. The molecule has 0 radical (unpaired) electrons. The third kappa shape index (κ3) is 4.09. The van der Waals surface area contributed by atoms with Gasteiger partial charge in [0.05, 0.1) is 23.5 Å². The summed E-state index contributed by atoms with van der Waals surface area (Å²) in [6.45, 7) is 3.31. The van der Waals surface area contributed by atoms with Crippen molar-refractivity contribution in [1.82, 2.24) is 24.6 Å². The quantitative estimate of drug-likeness (QED) is 0.665. The summed E-state index contributed by atoms with van der Waals surface area (Å²) in [6.07, 6.45) is 6.93. The van der Waals surface area contributed by atoms with E-state index in [0.29, 0.717) is 18.7 Å². The van der Waals surface area contributed by atoms with E-state index < -0.39 is 0 Å². The Hall–Kier alpha value is -3.02. The maximum Gasteiger partial charge on any atom is 0.256 e. The van der Waals surface area contributed by atoms with E-state index in [4.69, 9.17) is 0 Å². The van der Waals surface area contributed by atoms with Gasteiger partial charge in [0.25, 0.3) is 5.91 Å². The molecule has 0 spiro atoms. The van der Waals surface area contributed by atoms with Gasteiger partial charge in [-0.15, -0.1) is 10.2 Å². The number of benzene rings is 1. The van der Waals surface area contributed by atoms with Crippen molar-refractivity contribution in [3.05, 3.63) is 72.6 Å². The van der Waals surface area contributed by atoms with Crippen molar-refractivity contribution >= 4 is 5.91 Å². The molecule has 0 aliphatic carbocycles. The van der Waals surface area contributed by atoms with Crippen LogP contribution in [0.4, 0.5) is 0 Å². The molecular formula is C19H21N5O. The monoisotopic (exact) mass is 335 g/mol. The highest BCUT2D eigenvalue weighted by molar-refractivity contribution is 5.97. The Kier molecular flexibility index (Phi) is 5.51. The second-order valence-electron chi connectivity index (χ2n) is 5.79. The number of hydrogen-bond donors (Lipinski definition) is 0. The van der Waals surface area contributed by atoms with Gasteiger partial charge < -0.3 is 4.90 Å². The summed E-state index contributed by atoms with van der Waals surface area (Å²) in [6, 6.07) is 13.3. The fourth-order valence-electron chi connectivity index (χ4n) is 2.66. The molecule has 3 aromatic rings. The predicted molar refractivity (Wildman–Crippen MR) is 95.2 cm³/mol. The van der Waals surface area contributed by atoms with Gasteiger partial charge in [-0.3, -0.25) is 14.3 Å². The summed E-state index contributed by atoms with van der Waals surface area (Å²) >= 11 is 0. The van der Waals surface area contributed by atoms with Gasteiger partial charge in [-0.1, -0.05) is 31.5 Å². The fourth-order valence-corrected chi connectivity index (χ4v) is 2.66. The van der Waals surface area contributed by atoms with Gasteiger partial charge in [-0.2, -0.15) is 0 Å². The number of para-hydroxylation sites is 1. The SMILES string of the molecule is CCCCN(Cc1ccccn1)C(=O)c1ccccc1-n1cnnc1. The van der Waals surface area contributed by atoms with Crippen LogP contribution in [0.1, 0.15) is 35.8 Å². The van der Waals surface area contributed by atoms with Crippen LogP contribution in [0.3, 0.4) is 0 Å². The van der Waals surface area contributed by atoms with Crippen molar-refractivity contribution in [3.63, 3.8) is 0 Å². The second-order valence-corrected chi connectivity index (χ2v) is 5.79. The minimum Gasteiger partial charge on any atom is -0.333 e. The van der Waals surface area contributed by atoms with Gasteiger partial charge in [-0.05, 0) is 30.7 Å². The molecule has 1 amide bonds. The van der Waals surface area contributed by atoms with Gasteiger partial charge in [0.15, 0.2) is 0 Å². The molecule has 0 atom stereocenters. The van der Waals surface area contributed by atoms with E-state index in [9.17, 15) is 4.79 Å². The molecule has 0 aliphatic heterocycles. The Morgan fingerprint density at radius 2 is 1.84 bits per heavy atom. The molecule has 0 unspecified atom stereocenters. The van der Waals surface area contributed by atoms with Crippen molar-refractivity contribution in [1.29, 1.82) is 0 Å². The first-order valence-electron chi connectivity index (χ1n) is 8.43. The minimum absolute atomic E-state index is 0.0107. The number of carbonyl (C=O) groups is 1. The summed E-state index contributed by atoms with van der Waals surface area (Å²) in [5.41, 5.74) is 2.29. The Morgan fingerprint density at radius 1 is 1.08 bits per heavy atom. The molecule has 128 valence electrons. The van der Waals surface area contributed by atoms with Gasteiger partial charge in [0.1, 0.15) is 12.7 Å². The van der Waals surface area contributed by atoms with Crippen LogP contribution in [-0.2, 0) is 6.54 Å². The number of unbranched alkanes of at least 4 members (excludes halogenated alkanes) is 1. The molecule has 0 fully saturated rings. The molecule has 3 rings (SSSR count). The maximum absolute atomic E-state index is 13.2. The number of pyridine rings is 1. The van der Waals surface area contributed by atoms with Crippen LogP contribution in [0.2, 0.25) is 0 Å². The third-order valence-electron chi connectivity index (χ3n) is 3.98. The summed E-state index contributed by atoms with van der Waals surface area (Å²) in [7, 11) is 0. The summed E-state index contributed by atoms with van der Waals surface area (Å²) in [5.74, 6) is -0.0107. The topological polar surface area (TPSA) is 63.9 Å². The van der Waals surface area contributed by atoms with Crippen LogP contribution in [0.25, 0.3) is 5.69 Å². The van der Waals surface area contributed by atoms with E-state index in [1.54, 1.807) is 23.4 Å². The van der Waals surface area contributed by atoms with Crippen LogP contribution in [0.15, 0.2) is 61.3 Å². The van der Waals surface area contributed by atoms with E-state index in [1.165, 1.54) is 0 Å². The van der Waals surface area contributed by atoms with E-state index in [2.05, 4.69) is 22.1 Å². The first-order chi connectivity index (χ1) is 12.3. The largest absolute Gasteiger partial charge is 0.333 e. The Morgan fingerprint density at radius 3 is 2.56 bits per heavy atom. The molecule has 1 aromatic carbocycles. The Balaban J connectivity index is 1.90. The lowest BCUT2D eigenvalue weighted by Gasteiger charge is -2.23. The molecule has 0 saturated heterocycles. The molecule has 0 bridgehead atoms. The number of amides is 1. The summed E-state index contributed by atoms with van der Waals surface area (Å²) in [4.78, 5) is 19.4. The molecule has 2 aromatic heterocycles. The van der Waals surface area contributed by atoms with Crippen molar-refractivity contribution in [2.45, 2.75) is 26.3 Å². The summed E-state index contributed by atoms with van der Waals surface area (Å²) in [5, 5.41) is 7.68. The van der Waals surface area contributed by atoms with E-state index in [1.807, 2.05) is 47.4 Å². The highest BCUT2D eigenvalue weighted by atomic mass is 16.2. The lowest BCUT2D eigenvalue weighted by molar-refractivity contribution is 0.0738. The smallest absolute Gasteiger partial charge is 0.256 e. The molecule has 6 heteroatoms. The molecule has 25 heavy (non-hydrogen) atoms. The highest BCUT2D eigenvalue weighted by Gasteiger charge is 2.19. The lowest BCUT2D eigenvalue weighted by atomic mass is 10.1. The predicted octanol–water partition coefficient (Wildman–Crippen LogP) is 3.10. The minimum atomic E-state index is -0.0107. The molecule has 2 heterocycles. The zero-order valence-electron chi connectivity index (χ0n) is 14.2. The van der Waals surface area contributed by atoms with Gasteiger partial charge >= 0.3 is 0 Å². The molecule has 6 nitrogen and oxygen atoms in total. The number of carbonyl (C=O) groups excluding carboxylic acids is 1. The van der Waals surface area contributed by atoms with Gasteiger partial charge in [-0.25, -0.2) is 0 Å². The first kappa shape index (κ1) is 16.8. The summed E-state index contributed by atoms with van der Waals surface area (Å²) < 4.78 is 1.76. The maximum atomic E-state index is 13.2. The third-order valence-corrected chi connectivity index (χ3v) is 3.98. The standard InChI is InChI=1S/C19H21N5O/c1-2-3-12-23(13-16-8-6-7-11-20-16)19(25)17-9-4-5-10-18(17)24-14-21-22-15-24/h4-11,14-15H,2-3,12-13H2,1H3. The average molecular weight is 335 g/mol. The lowest BCUT2D eigenvalue weighted by Crippen LogP contribution is -2.32. The zero-order chi connectivity index (χ0) is 17.5. The first-order valence-corrected chi connectivity index (χ1v) is 8.43. The van der Waals surface area contributed by atoms with Crippen molar-refractivity contribution in [3.8, 4) is 5.69 Å². The van der Waals surface area contributed by atoms with Crippen molar-refractivity contribution < 1.29 is 4.79 Å². The van der Waals surface area contributed by atoms with Gasteiger partial charge in [0.2, 0.25) is 0 Å². The van der Waals surface area contributed by atoms with Crippen LogP contribution in [0, 0.1) is 0 Å². The highest BCUT2D eigenvalue weighted by Crippen LogP contribution is 2.17. The van der Waals surface area contributed by atoms with Crippen LogP contribution >= 0.6 is 0 Å². The van der Waals surface area contributed by atoms with Crippen LogP contribution in [0.5, 0.6) is 0 Å². The van der Waals surface area contributed by atoms with Gasteiger partial charge in [0, 0.05) is 12.7 Å². The molecule has 0 saturated carbocycles. The van der Waals surface area contributed by atoms with E-state index in [-0.39, 0.29) is 5.91 Å². The fraction of sp³-hybridized carbons (Fsp3) is 0.263. The van der Waals surface area contributed by atoms with E-state index in [0.717, 1.165) is 24.2 Å². The number of rotatable bonds is 7. The molecule has 0 N–H and O–H groups in total. The van der Waals surface area contributed by atoms with Crippen molar-refractivity contribution in [2.24, 2.45) is 0 Å². The van der Waals surface area contributed by atoms with E-state index >= 15 is 0 Å². The van der Waals surface area contributed by atoms with Crippen molar-refractivity contribution in [2.75, 3.05) is 6.54 Å².